The van der Waals surface area contributed by atoms with Gasteiger partial charge in [-0.25, -0.2) is 13.2 Å². The van der Waals surface area contributed by atoms with Crippen LogP contribution < -0.4 is 9.04 Å². The van der Waals surface area contributed by atoms with Gasteiger partial charge in [-0.15, -0.1) is 0 Å². The van der Waals surface area contributed by atoms with E-state index < -0.39 is 16.0 Å². The van der Waals surface area contributed by atoms with Gasteiger partial charge >= 0.3 is 5.97 Å². The van der Waals surface area contributed by atoms with Crippen molar-refractivity contribution >= 4 is 21.7 Å². The standard InChI is InChI=1S/C23H23NO5S/c1-17-8-10-18(11-9-17)16-29-23(25)19-12-14-20(15-13-19)30(26,27)24(2)21-6-4-5-7-22(21)28-3/h4-15H,16H2,1-3H3. The van der Waals surface area contributed by atoms with Crippen molar-refractivity contribution in [3.63, 3.8) is 0 Å². The number of carbonyl (C=O) groups is 1. The third-order valence-corrected chi connectivity index (χ3v) is 6.45. The minimum atomic E-state index is -3.83. The topological polar surface area (TPSA) is 72.9 Å². The Bertz CT molecular complexity index is 1120. The quantitative estimate of drug-likeness (QED) is 0.531. The van der Waals surface area contributed by atoms with E-state index in [1.54, 1.807) is 24.3 Å². The van der Waals surface area contributed by atoms with Crippen LogP contribution in [0.25, 0.3) is 0 Å². The van der Waals surface area contributed by atoms with E-state index >= 15 is 0 Å². The fraction of sp³-hybridized carbons (Fsp3) is 0.174. The number of carbonyl (C=O) groups excluding carboxylic acids is 1. The predicted octanol–water partition coefficient (Wildman–Crippen LogP) is 4.19. The van der Waals surface area contributed by atoms with Crippen LogP contribution >= 0.6 is 0 Å². The number of aryl methyl sites for hydroxylation is 1. The van der Waals surface area contributed by atoms with Crippen LogP contribution in [-0.4, -0.2) is 28.5 Å². The number of hydrogen-bond acceptors (Lipinski definition) is 5. The molecule has 6 nitrogen and oxygen atoms in total. The van der Waals surface area contributed by atoms with Crippen LogP contribution in [-0.2, 0) is 21.4 Å². The Morgan fingerprint density at radius 2 is 1.57 bits per heavy atom. The number of benzene rings is 3. The SMILES string of the molecule is COc1ccccc1N(C)S(=O)(=O)c1ccc(C(=O)OCc2ccc(C)cc2)cc1. The molecule has 0 spiro atoms. The molecule has 0 amide bonds. The molecule has 0 saturated heterocycles. The number of esters is 1. The fourth-order valence-corrected chi connectivity index (χ4v) is 4.06. The van der Waals surface area contributed by atoms with Gasteiger partial charge in [-0.1, -0.05) is 42.0 Å². The van der Waals surface area contributed by atoms with Gasteiger partial charge in [-0.05, 0) is 48.9 Å². The van der Waals surface area contributed by atoms with E-state index in [0.29, 0.717) is 11.4 Å². The first-order chi connectivity index (χ1) is 14.3. The smallest absolute Gasteiger partial charge is 0.338 e. The first kappa shape index (κ1) is 21.4. The summed E-state index contributed by atoms with van der Waals surface area (Å²) >= 11 is 0. The van der Waals surface area contributed by atoms with Gasteiger partial charge in [0.1, 0.15) is 12.4 Å². The molecule has 3 aromatic carbocycles. The molecule has 7 heteroatoms. The molecule has 0 aliphatic carbocycles. The van der Waals surface area contributed by atoms with Crippen LogP contribution in [0.2, 0.25) is 0 Å². The Kier molecular flexibility index (Phi) is 6.42. The van der Waals surface area contributed by atoms with Gasteiger partial charge in [0.2, 0.25) is 0 Å². The van der Waals surface area contributed by atoms with Gasteiger partial charge in [0.05, 0.1) is 23.3 Å². The van der Waals surface area contributed by atoms with Crippen molar-refractivity contribution in [2.24, 2.45) is 0 Å². The van der Waals surface area contributed by atoms with Crippen molar-refractivity contribution in [2.45, 2.75) is 18.4 Å². The molecule has 0 unspecified atom stereocenters. The highest BCUT2D eigenvalue weighted by Crippen LogP contribution is 2.30. The maximum absolute atomic E-state index is 13.0. The second-order valence-electron chi connectivity index (χ2n) is 6.73. The molecule has 0 aliphatic heterocycles. The van der Waals surface area contributed by atoms with E-state index in [0.717, 1.165) is 15.4 Å². The number of methoxy groups -OCH3 is 1. The molecular weight excluding hydrogens is 402 g/mol. The molecule has 0 aliphatic rings. The van der Waals surface area contributed by atoms with E-state index in [4.69, 9.17) is 9.47 Å². The number of para-hydroxylation sites is 2. The molecular formula is C23H23NO5S. The van der Waals surface area contributed by atoms with E-state index in [-0.39, 0.29) is 17.1 Å². The summed E-state index contributed by atoms with van der Waals surface area (Å²) in [6, 6.07) is 20.2. The highest BCUT2D eigenvalue weighted by atomic mass is 32.2. The minimum absolute atomic E-state index is 0.0611. The Hall–Kier alpha value is -3.32. The molecule has 0 heterocycles. The van der Waals surface area contributed by atoms with Crippen molar-refractivity contribution in [1.29, 1.82) is 0 Å². The largest absolute Gasteiger partial charge is 0.495 e. The van der Waals surface area contributed by atoms with Crippen LogP contribution in [0, 0.1) is 6.92 Å². The molecule has 30 heavy (non-hydrogen) atoms. The highest BCUT2D eigenvalue weighted by molar-refractivity contribution is 7.92. The maximum Gasteiger partial charge on any atom is 0.338 e. The average Bonchev–Trinajstić information content (AvgIpc) is 2.78. The summed E-state index contributed by atoms with van der Waals surface area (Å²) in [5.74, 6) is -0.0718. The number of ether oxygens (including phenoxy) is 2. The summed E-state index contributed by atoms with van der Waals surface area (Å²) in [5.41, 5.74) is 2.70. The second-order valence-corrected chi connectivity index (χ2v) is 8.70. The van der Waals surface area contributed by atoms with Crippen LogP contribution in [0.1, 0.15) is 21.5 Å². The Labute approximate surface area is 176 Å². The molecule has 0 atom stereocenters. The lowest BCUT2D eigenvalue weighted by Crippen LogP contribution is -2.27. The van der Waals surface area contributed by atoms with Crippen LogP contribution in [0.4, 0.5) is 5.69 Å². The molecule has 0 aromatic heterocycles. The third-order valence-electron chi connectivity index (χ3n) is 4.66. The average molecular weight is 426 g/mol. The highest BCUT2D eigenvalue weighted by Gasteiger charge is 2.24. The molecule has 3 aromatic rings. The van der Waals surface area contributed by atoms with Crippen LogP contribution in [0.15, 0.2) is 77.7 Å². The van der Waals surface area contributed by atoms with E-state index in [1.165, 1.54) is 38.4 Å². The number of anilines is 1. The van der Waals surface area contributed by atoms with Gasteiger partial charge in [0.15, 0.2) is 0 Å². The number of hydrogen-bond donors (Lipinski definition) is 0. The van der Waals surface area contributed by atoms with Gasteiger partial charge in [0.25, 0.3) is 10.0 Å². The molecule has 0 bridgehead atoms. The van der Waals surface area contributed by atoms with E-state index in [9.17, 15) is 13.2 Å². The molecule has 0 saturated carbocycles. The van der Waals surface area contributed by atoms with Gasteiger partial charge in [-0.2, -0.15) is 0 Å². The summed E-state index contributed by atoms with van der Waals surface area (Å²) in [7, 11) is -0.887. The van der Waals surface area contributed by atoms with Crippen molar-refractivity contribution in [2.75, 3.05) is 18.5 Å². The molecule has 0 radical (unpaired) electrons. The lowest BCUT2D eigenvalue weighted by atomic mass is 10.2. The lowest BCUT2D eigenvalue weighted by Gasteiger charge is -2.21. The first-order valence-electron chi connectivity index (χ1n) is 9.27. The normalized spacial score (nSPS) is 11.0. The molecule has 156 valence electrons. The van der Waals surface area contributed by atoms with Crippen molar-refractivity contribution in [3.8, 4) is 5.75 Å². The fourth-order valence-electron chi connectivity index (χ4n) is 2.86. The molecule has 0 fully saturated rings. The number of nitrogens with zero attached hydrogens (tertiary/aromatic N) is 1. The summed E-state index contributed by atoms with van der Waals surface area (Å²) in [4.78, 5) is 12.3. The maximum atomic E-state index is 13.0. The number of sulfonamides is 1. The lowest BCUT2D eigenvalue weighted by molar-refractivity contribution is 0.0472. The van der Waals surface area contributed by atoms with E-state index in [1.807, 2.05) is 31.2 Å². The van der Waals surface area contributed by atoms with Gasteiger partial charge in [0, 0.05) is 7.05 Å². The zero-order valence-electron chi connectivity index (χ0n) is 17.0. The third kappa shape index (κ3) is 4.63. The first-order valence-corrected chi connectivity index (χ1v) is 10.7. The monoisotopic (exact) mass is 425 g/mol. The second kappa shape index (κ2) is 9.00. The summed E-state index contributed by atoms with van der Waals surface area (Å²) in [5, 5.41) is 0. The van der Waals surface area contributed by atoms with Crippen LogP contribution in [0.3, 0.4) is 0 Å². The van der Waals surface area contributed by atoms with E-state index in [2.05, 4.69) is 0 Å². The van der Waals surface area contributed by atoms with Gasteiger partial charge < -0.3 is 9.47 Å². The van der Waals surface area contributed by atoms with Gasteiger partial charge in [-0.3, -0.25) is 4.31 Å². The summed E-state index contributed by atoms with van der Waals surface area (Å²) in [6.45, 7) is 2.13. The predicted molar refractivity (Wildman–Crippen MR) is 115 cm³/mol. The molecule has 0 N–H and O–H groups in total. The van der Waals surface area contributed by atoms with Crippen LogP contribution in [0.5, 0.6) is 5.75 Å². The Morgan fingerprint density at radius 3 is 2.20 bits per heavy atom. The molecule has 3 rings (SSSR count). The zero-order chi connectivity index (χ0) is 21.7. The minimum Gasteiger partial charge on any atom is -0.495 e. The van der Waals surface area contributed by atoms with Crippen molar-refractivity contribution < 1.29 is 22.7 Å². The Morgan fingerprint density at radius 1 is 0.933 bits per heavy atom. The summed E-state index contributed by atoms with van der Waals surface area (Å²) in [6.07, 6.45) is 0. The van der Waals surface area contributed by atoms with Crippen molar-refractivity contribution in [1.82, 2.24) is 0 Å². The Balaban J connectivity index is 1.73. The van der Waals surface area contributed by atoms with Crippen molar-refractivity contribution in [3.05, 3.63) is 89.5 Å². The zero-order valence-corrected chi connectivity index (χ0v) is 17.8. The number of rotatable bonds is 7. The summed E-state index contributed by atoms with van der Waals surface area (Å²) < 4.78 is 37.7.